The molecule has 0 aliphatic carbocycles. The first-order valence-electron chi connectivity index (χ1n) is 6.76. The molecule has 1 aromatic carbocycles. The summed E-state index contributed by atoms with van der Waals surface area (Å²) in [5.74, 6) is 1.16. The molecular formula is C16H20ClN3. The third-order valence-electron chi connectivity index (χ3n) is 3.28. The molecule has 2 aromatic rings. The number of nitrogens with zero attached hydrogens (tertiary/aromatic N) is 2. The Hall–Kier alpha value is -1.61. The molecule has 0 aliphatic heterocycles. The summed E-state index contributed by atoms with van der Waals surface area (Å²) in [5, 5.41) is 12.6. The molecule has 4 heteroatoms. The summed E-state index contributed by atoms with van der Waals surface area (Å²) in [7, 11) is 0. The minimum atomic E-state index is -0.237. The quantitative estimate of drug-likeness (QED) is 0.894. The van der Waals surface area contributed by atoms with Gasteiger partial charge < -0.3 is 5.32 Å². The molecule has 20 heavy (non-hydrogen) atoms. The predicted octanol–water partition coefficient (Wildman–Crippen LogP) is 4.60. The maximum absolute atomic E-state index is 5.93. The average Bonchev–Trinajstić information content (AvgIpc) is 2.39. The van der Waals surface area contributed by atoms with Gasteiger partial charge in [-0.3, -0.25) is 0 Å². The van der Waals surface area contributed by atoms with Crippen molar-refractivity contribution in [1.82, 2.24) is 10.2 Å². The van der Waals surface area contributed by atoms with Crippen LogP contribution in [0.1, 0.15) is 44.9 Å². The van der Waals surface area contributed by atoms with Gasteiger partial charge in [-0.1, -0.05) is 37.6 Å². The zero-order valence-electron chi connectivity index (χ0n) is 12.3. The highest BCUT2D eigenvalue weighted by atomic mass is 35.5. The highest BCUT2D eigenvalue weighted by Crippen LogP contribution is 2.26. The van der Waals surface area contributed by atoms with Crippen molar-refractivity contribution in [3.63, 3.8) is 0 Å². The van der Waals surface area contributed by atoms with Gasteiger partial charge in [-0.15, -0.1) is 5.10 Å². The molecule has 0 saturated heterocycles. The van der Waals surface area contributed by atoms with Crippen molar-refractivity contribution < 1.29 is 0 Å². The van der Waals surface area contributed by atoms with E-state index in [2.05, 4.69) is 43.2 Å². The van der Waals surface area contributed by atoms with Crippen molar-refractivity contribution in [1.29, 1.82) is 0 Å². The summed E-state index contributed by atoms with van der Waals surface area (Å²) < 4.78 is 0. The van der Waals surface area contributed by atoms with Gasteiger partial charge >= 0.3 is 0 Å². The molecule has 1 N–H and O–H groups in total. The van der Waals surface area contributed by atoms with E-state index in [4.69, 9.17) is 11.6 Å². The lowest BCUT2D eigenvalue weighted by Gasteiger charge is -2.27. The molecule has 3 nitrogen and oxygen atoms in total. The summed E-state index contributed by atoms with van der Waals surface area (Å²) >= 11 is 5.93. The summed E-state index contributed by atoms with van der Waals surface area (Å²) in [6.45, 7) is 8.42. The molecular weight excluding hydrogens is 270 g/mol. The van der Waals surface area contributed by atoms with Crippen LogP contribution in [0.4, 0.5) is 5.82 Å². The lowest BCUT2D eigenvalue weighted by Crippen LogP contribution is -2.28. The second kappa shape index (κ2) is 5.80. The van der Waals surface area contributed by atoms with E-state index in [-0.39, 0.29) is 5.54 Å². The first kappa shape index (κ1) is 14.8. The smallest absolute Gasteiger partial charge is 0.149 e. The fourth-order valence-electron chi connectivity index (χ4n) is 1.98. The van der Waals surface area contributed by atoms with E-state index in [1.54, 1.807) is 0 Å². The Morgan fingerprint density at radius 2 is 1.65 bits per heavy atom. The maximum Gasteiger partial charge on any atom is 0.149 e. The second-order valence-electron chi connectivity index (χ2n) is 5.76. The monoisotopic (exact) mass is 289 g/mol. The summed E-state index contributed by atoms with van der Waals surface area (Å²) in [6, 6.07) is 11.8. The Morgan fingerprint density at radius 3 is 2.15 bits per heavy atom. The first-order valence-corrected chi connectivity index (χ1v) is 7.14. The molecule has 0 fully saturated rings. The lowest BCUT2D eigenvalue weighted by molar-refractivity contribution is 0.603. The number of aromatic nitrogens is 2. The Balaban J connectivity index is 2.17. The van der Waals surface area contributed by atoms with Crippen LogP contribution in [0.2, 0.25) is 5.02 Å². The summed E-state index contributed by atoms with van der Waals surface area (Å²) in [6.07, 6.45) is 0. The molecule has 2 rings (SSSR count). The number of rotatable bonds is 4. The maximum atomic E-state index is 5.93. The van der Waals surface area contributed by atoms with Crippen molar-refractivity contribution in [2.75, 3.05) is 5.32 Å². The molecule has 0 unspecified atom stereocenters. The Morgan fingerprint density at radius 1 is 1.00 bits per heavy atom. The minimum absolute atomic E-state index is 0.237. The molecule has 0 bridgehead atoms. The van der Waals surface area contributed by atoms with Crippen LogP contribution in [0, 0.1) is 0 Å². The predicted molar refractivity (Wildman–Crippen MR) is 84.2 cm³/mol. The first-order chi connectivity index (χ1) is 9.38. The Labute approximate surface area is 125 Å². The third kappa shape index (κ3) is 3.48. The van der Waals surface area contributed by atoms with Crippen LogP contribution in [0.3, 0.4) is 0 Å². The van der Waals surface area contributed by atoms with Crippen LogP contribution >= 0.6 is 11.6 Å². The van der Waals surface area contributed by atoms with Crippen molar-refractivity contribution in [2.24, 2.45) is 0 Å². The van der Waals surface area contributed by atoms with E-state index in [1.807, 2.05) is 36.4 Å². The lowest BCUT2D eigenvalue weighted by atomic mass is 9.94. The summed E-state index contributed by atoms with van der Waals surface area (Å²) in [4.78, 5) is 0. The summed E-state index contributed by atoms with van der Waals surface area (Å²) in [5.41, 5.74) is 1.91. The van der Waals surface area contributed by atoms with Gasteiger partial charge in [0.25, 0.3) is 0 Å². The van der Waals surface area contributed by atoms with Crippen molar-refractivity contribution in [3.05, 3.63) is 52.7 Å². The van der Waals surface area contributed by atoms with Crippen LogP contribution in [0.5, 0.6) is 0 Å². The van der Waals surface area contributed by atoms with Crippen LogP contribution in [-0.2, 0) is 5.54 Å². The fourth-order valence-corrected chi connectivity index (χ4v) is 2.10. The van der Waals surface area contributed by atoms with Gasteiger partial charge in [-0.2, -0.15) is 5.10 Å². The topological polar surface area (TPSA) is 37.8 Å². The Kier molecular flexibility index (Phi) is 4.29. The molecule has 1 aromatic heterocycles. The molecule has 0 radical (unpaired) electrons. The van der Waals surface area contributed by atoms with Gasteiger partial charge in [-0.05, 0) is 49.6 Å². The van der Waals surface area contributed by atoms with Crippen LogP contribution < -0.4 is 5.32 Å². The molecule has 0 atom stereocenters. The van der Waals surface area contributed by atoms with E-state index in [1.165, 1.54) is 0 Å². The zero-order valence-corrected chi connectivity index (χ0v) is 13.1. The number of benzene rings is 1. The van der Waals surface area contributed by atoms with Crippen LogP contribution in [0.15, 0.2) is 36.4 Å². The minimum Gasteiger partial charge on any atom is -0.360 e. The van der Waals surface area contributed by atoms with Crippen molar-refractivity contribution in [3.8, 4) is 0 Å². The largest absolute Gasteiger partial charge is 0.360 e. The Bertz CT molecular complexity index is 559. The second-order valence-corrected chi connectivity index (χ2v) is 6.19. The standard InChI is InChI=1S/C16H20ClN3/c1-11(2)14-9-10-15(20-19-14)18-16(3,4)12-5-7-13(17)8-6-12/h5-11H,1-4H3,(H,18,20). The van der Waals surface area contributed by atoms with Gasteiger partial charge in [0.05, 0.1) is 11.2 Å². The number of nitrogens with one attached hydrogen (secondary N) is 1. The van der Waals surface area contributed by atoms with Crippen LogP contribution in [0.25, 0.3) is 0 Å². The van der Waals surface area contributed by atoms with E-state index in [9.17, 15) is 0 Å². The van der Waals surface area contributed by atoms with Gasteiger partial charge in [0.1, 0.15) is 5.82 Å². The molecule has 0 amide bonds. The number of anilines is 1. The molecule has 0 aliphatic rings. The molecule has 1 heterocycles. The van der Waals surface area contributed by atoms with E-state index in [0.29, 0.717) is 5.92 Å². The van der Waals surface area contributed by atoms with Crippen LogP contribution in [-0.4, -0.2) is 10.2 Å². The van der Waals surface area contributed by atoms with Crippen molar-refractivity contribution in [2.45, 2.75) is 39.2 Å². The van der Waals surface area contributed by atoms with Crippen molar-refractivity contribution >= 4 is 17.4 Å². The fraction of sp³-hybridized carbons (Fsp3) is 0.375. The normalized spacial score (nSPS) is 11.7. The molecule has 106 valence electrons. The van der Waals surface area contributed by atoms with Gasteiger partial charge in [-0.25, -0.2) is 0 Å². The third-order valence-corrected chi connectivity index (χ3v) is 3.54. The van der Waals surface area contributed by atoms with Gasteiger partial charge in [0.15, 0.2) is 0 Å². The number of hydrogen-bond acceptors (Lipinski definition) is 3. The molecule has 0 saturated carbocycles. The number of halogens is 1. The van der Waals surface area contributed by atoms with E-state index >= 15 is 0 Å². The van der Waals surface area contributed by atoms with Gasteiger partial charge in [0, 0.05) is 5.02 Å². The van der Waals surface area contributed by atoms with E-state index < -0.39 is 0 Å². The average molecular weight is 290 g/mol. The SMILES string of the molecule is CC(C)c1ccc(NC(C)(C)c2ccc(Cl)cc2)nn1. The number of hydrogen-bond donors (Lipinski definition) is 1. The van der Waals surface area contributed by atoms with Gasteiger partial charge in [0.2, 0.25) is 0 Å². The highest BCUT2D eigenvalue weighted by molar-refractivity contribution is 6.30. The zero-order chi connectivity index (χ0) is 14.8. The van der Waals surface area contributed by atoms with E-state index in [0.717, 1.165) is 22.1 Å². The molecule has 0 spiro atoms. The highest BCUT2D eigenvalue weighted by Gasteiger charge is 2.20.